The van der Waals surface area contributed by atoms with Gasteiger partial charge in [0.15, 0.2) is 0 Å². The Morgan fingerprint density at radius 1 is 1.56 bits per heavy atom. The molecule has 0 aromatic heterocycles. The standard InChI is InChI=1S/C12H24N2O2/c1-3-9(2)11(15)8-14-12(16)10-6-4-5-7-13-10/h9-11,13,15H,3-8H2,1-2H3,(H,14,16). The molecule has 0 aromatic rings. The van der Waals surface area contributed by atoms with Crippen molar-refractivity contribution in [3.8, 4) is 0 Å². The highest BCUT2D eigenvalue weighted by atomic mass is 16.3. The summed E-state index contributed by atoms with van der Waals surface area (Å²) in [7, 11) is 0. The van der Waals surface area contributed by atoms with Crippen molar-refractivity contribution in [1.82, 2.24) is 10.6 Å². The Bertz CT molecular complexity index is 215. The number of carbonyl (C=O) groups excluding carboxylic acids is 1. The summed E-state index contributed by atoms with van der Waals surface area (Å²) in [5.74, 6) is 0.265. The smallest absolute Gasteiger partial charge is 0.237 e. The fraction of sp³-hybridized carbons (Fsp3) is 0.917. The highest BCUT2D eigenvalue weighted by Crippen LogP contribution is 2.08. The van der Waals surface area contributed by atoms with Crippen LogP contribution in [0.15, 0.2) is 0 Å². The van der Waals surface area contributed by atoms with Gasteiger partial charge in [0.1, 0.15) is 0 Å². The first-order valence-electron chi connectivity index (χ1n) is 6.34. The number of aliphatic hydroxyl groups excluding tert-OH is 1. The number of carbonyl (C=O) groups is 1. The van der Waals surface area contributed by atoms with Crippen molar-refractivity contribution in [2.45, 2.75) is 51.7 Å². The monoisotopic (exact) mass is 228 g/mol. The minimum atomic E-state index is -0.433. The Morgan fingerprint density at radius 3 is 2.88 bits per heavy atom. The first-order valence-corrected chi connectivity index (χ1v) is 6.34. The lowest BCUT2D eigenvalue weighted by Gasteiger charge is -2.24. The summed E-state index contributed by atoms with van der Waals surface area (Å²) in [4.78, 5) is 11.7. The molecule has 16 heavy (non-hydrogen) atoms. The Balaban J connectivity index is 2.23. The van der Waals surface area contributed by atoms with Crippen molar-refractivity contribution in [1.29, 1.82) is 0 Å². The van der Waals surface area contributed by atoms with Crippen LogP contribution in [0.3, 0.4) is 0 Å². The predicted octanol–water partition coefficient (Wildman–Crippen LogP) is 0.652. The highest BCUT2D eigenvalue weighted by Gasteiger charge is 2.21. The van der Waals surface area contributed by atoms with Gasteiger partial charge < -0.3 is 15.7 Å². The summed E-state index contributed by atoms with van der Waals surface area (Å²) >= 11 is 0. The zero-order valence-electron chi connectivity index (χ0n) is 10.3. The van der Waals surface area contributed by atoms with Crippen molar-refractivity contribution >= 4 is 5.91 Å². The van der Waals surface area contributed by atoms with Gasteiger partial charge >= 0.3 is 0 Å². The van der Waals surface area contributed by atoms with Crippen LogP contribution >= 0.6 is 0 Å². The number of rotatable bonds is 5. The summed E-state index contributed by atoms with van der Waals surface area (Å²) in [5.41, 5.74) is 0. The maximum absolute atomic E-state index is 11.7. The molecule has 0 bridgehead atoms. The number of hydrogen-bond acceptors (Lipinski definition) is 3. The van der Waals surface area contributed by atoms with Crippen molar-refractivity contribution < 1.29 is 9.90 Å². The SMILES string of the molecule is CCC(C)C(O)CNC(=O)C1CCCCN1. The summed E-state index contributed by atoms with van der Waals surface area (Å²) < 4.78 is 0. The van der Waals surface area contributed by atoms with Crippen LogP contribution in [-0.4, -0.2) is 36.2 Å². The van der Waals surface area contributed by atoms with Crippen molar-refractivity contribution in [3.63, 3.8) is 0 Å². The van der Waals surface area contributed by atoms with Crippen LogP contribution in [0.1, 0.15) is 39.5 Å². The third kappa shape index (κ3) is 4.10. The van der Waals surface area contributed by atoms with Crippen LogP contribution in [0.25, 0.3) is 0 Å². The molecule has 0 aliphatic carbocycles. The van der Waals surface area contributed by atoms with Crippen LogP contribution in [0.2, 0.25) is 0 Å². The van der Waals surface area contributed by atoms with Crippen LogP contribution in [0.5, 0.6) is 0 Å². The molecule has 0 spiro atoms. The molecule has 4 nitrogen and oxygen atoms in total. The maximum Gasteiger partial charge on any atom is 0.237 e. The van der Waals surface area contributed by atoms with E-state index >= 15 is 0 Å². The summed E-state index contributed by atoms with van der Waals surface area (Å²) in [6, 6.07) is -0.0575. The van der Waals surface area contributed by atoms with E-state index < -0.39 is 6.10 Å². The largest absolute Gasteiger partial charge is 0.391 e. The fourth-order valence-corrected chi connectivity index (χ4v) is 1.88. The van der Waals surface area contributed by atoms with E-state index in [4.69, 9.17) is 0 Å². The second-order valence-electron chi connectivity index (χ2n) is 4.70. The molecule has 1 aliphatic heterocycles. The van der Waals surface area contributed by atoms with E-state index in [1.807, 2.05) is 13.8 Å². The molecule has 1 fully saturated rings. The molecule has 0 aromatic carbocycles. The maximum atomic E-state index is 11.7. The van der Waals surface area contributed by atoms with Gasteiger partial charge in [0.2, 0.25) is 5.91 Å². The minimum absolute atomic E-state index is 0.0297. The van der Waals surface area contributed by atoms with E-state index in [0.717, 1.165) is 32.2 Å². The van der Waals surface area contributed by atoms with E-state index in [9.17, 15) is 9.90 Å². The number of piperidine rings is 1. The van der Waals surface area contributed by atoms with Gasteiger partial charge in [-0.15, -0.1) is 0 Å². The van der Waals surface area contributed by atoms with Gasteiger partial charge in [-0.2, -0.15) is 0 Å². The summed E-state index contributed by atoms with van der Waals surface area (Å²) in [6.45, 7) is 5.33. The molecule has 3 atom stereocenters. The molecule has 0 saturated carbocycles. The van der Waals surface area contributed by atoms with Crippen LogP contribution < -0.4 is 10.6 Å². The quantitative estimate of drug-likeness (QED) is 0.647. The van der Waals surface area contributed by atoms with Gasteiger partial charge in [0.25, 0.3) is 0 Å². The van der Waals surface area contributed by atoms with E-state index in [2.05, 4.69) is 10.6 Å². The summed E-state index contributed by atoms with van der Waals surface area (Å²) in [5, 5.41) is 15.7. The third-order valence-corrected chi connectivity index (χ3v) is 3.41. The van der Waals surface area contributed by atoms with Crippen molar-refractivity contribution in [2.24, 2.45) is 5.92 Å². The molecule has 1 saturated heterocycles. The molecule has 94 valence electrons. The second kappa shape index (κ2) is 6.86. The van der Waals surface area contributed by atoms with E-state index in [-0.39, 0.29) is 17.9 Å². The average molecular weight is 228 g/mol. The molecule has 0 radical (unpaired) electrons. The number of amides is 1. The van der Waals surface area contributed by atoms with Crippen molar-refractivity contribution in [2.75, 3.05) is 13.1 Å². The van der Waals surface area contributed by atoms with Gasteiger partial charge in [0.05, 0.1) is 12.1 Å². The zero-order chi connectivity index (χ0) is 12.0. The molecule has 1 heterocycles. The molecule has 3 N–H and O–H groups in total. The Kier molecular flexibility index (Phi) is 5.77. The Morgan fingerprint density at radius 2 is 2.31 bits per heavy atom. The number of nitrogens with one attached hydrogen (secondary N) is 2. The Hall–Kier alpha value is -0.610. The van der Waals surface area contributed by atoms with Crippen LogP contribution in [0, 0.1) is 5.92 Å². The first kappa shape index (κ1) is 13.5. The molecular weight excluding hydrogens is 204 g/mol. The van der Waals surface area contributed by atoms with E-state index in [1.54, 1.807) is 0 Å². The van der Waals surface area contributed by atoms with Gasteiger partial charge in [-0.3, -0.25) is 4.79 Å². The lowest BCUT2D eigenvalue weighted by Crippen LogP contribution is -2.48. The lowest BCUT2D eigenvalue weighted by molar-refractivity contribution is -0.124. The Labute approximate surface area is 97.8 Å². The van der Waals surface area contributed by atoms with Gasteiger partial charge in [-0.05, 0) is 25.3 Å². The fourth-order valence-electron chi connectivity index (χ4n) is 1.88. The van der Waals surface area contributed by atoms with Crippen LogP contribution in [-0.2, 0) is 4.79 Å². The molecule has 1 amide bonds. The molecule has 1 rings (SSSR count). The number of aliphatic hydroxyl groups is 1. The highest BCUT2D eigenvalue weighted by molar-refractivity contribution is 5.81. The predicted molar refractivity (Wildman–Crippen MR) is 64.1 cm³/mol. The van der Waals surface area contributed by atoms with Crippen LogP contribution in [0.4, 0.5) is 0 Å². The topological polar surface area (TPSA) is 61.4 Å². The van der Waals surface area contributed by atoms with E-state index in [1.165, 1.54) is 0 Å². The third-order valence-electron chi connectivity index (χ3n) is 3.41. The lowest BCUT2D eigenvalue weighted by atomic mass is 10.0. The average Bonchev–Trinajstić information content (AvgIpc) is 2.35. The normalized spacial score (nSPS) is 24.8. The molecule has 4 heteroatoms. The minimum Gasteiger partial charge on any atom is -0.391 e. The molecular formula is C12H24N2O2. The summed E-state index contributed by atoms with van der Waals surface area (Å²) in [6.07, 6.45) is 3.67. The second-order valence-corrected chi connectivity index (χ2v) is 4.70. The molecule has 1 aliphatic rings. The molecule has 3 unspecified atom stereocenters. The first-order chi connectivity index (χ1) is 7.65. The van der Waals surface area contributed by atoms with Crippen molar-refractivity contribution in [3.05, 3.63) is 0 Å². The number of hydrogen-bond donors (Lipinski definition) is 3. The van der Waals surface area contributed by atoms with Gasteiger partial charge in [-0.1, -0.05) is 26.7 Å². The van der Waals surface area contributed by atoms with Gasteiger partial charge in [0, 0.05) is 6.54 Å². The zero-order valence-corrected chi connectivity index (χ0v) is 10.3. The van der Waals surface area contributed by atoms with Gasteiger partial charge in [-0.25, -0.2) is 0 Å². The van der Waals surface area contributed by atoms with E-state index in [0.29, 0.717) is 6.54 Å².